The molecule has 6 nitrogen and oxygen atoms in total. The topological polar surface area (TPSA) is 64.1 Å². The van der Waals surface area contributed by atoms with Gasteiger partial charge >= 0.3 is 0 Å². The van der Waals surface area contributed by atoms with Crippen LogP contribution in [0.4, 0.5) is 0 Å². The number of nitrogens with zero attached hydrogens (tertiary/aromatic N) is 1. The highest BCUT2D eigenvalue weighted by atomic mass is 35.5. The third-order valence-electron chi connectivity index (χ3n) is 3.63. The average molecular weight is 370 g/mol. The monoisotopic (exact) mass is 369 g/mol. The number of guanidine groups is 1. The molecule has 0 aliphatic carbocycles. The van der Waals surface area contributed by atoms with Gasteiger partial charge in [0.2, 0.25) is 0 Å². The van der Waals surface area contributed by atoms with Gasteiger partial charge in [0.05, 0.1) is 19.3 Å². The Morgan fingerprint density at radius 3 is 2.84 bits per heavy atom. The number of rotatable bonds is 10. The Morgan fingerprint density at radius 2 is 2.12 bits per heavy atom. The maximum atomic E-state index is 5.85. The summed E-state index contributed by atoms with van der Waals surface area (Å²) >= 11 is 5.85. The quantitative estimate of drug-likeness (QED) is 0.377. The predicted molar refractivity (Wildman–Crippen MR) is 101 cm³/mol. The number of ether oxygens (including phenoxy) is 3. The molecule has 0 amide bonds. The molecule has 1 heterocycles. The van der Waals surface area contributed by atoms with Crippen molar-refractivity contribution in [2.75, 3.05) is 46.1 Å². The van der Waals surface area contributed by atoms with E-state index in [1.54, 1.807) is 0 Å². The van der Waals surface area contributed by atoms with E-state index in [0.717, 1.165) is 57.5 Å². The van der Waals surface area contributed by atoms with Crippen LogP contribution in [-0.2, 0) is 9.47 Å². The first kappa shape index (κ1) is 19.8. The summed E-state index contributed by atoms with van der Waals surface area (Å²) in [5.41, 5.74) is 0. The Balaban J connectivity index is 1.58. The molecule has 0 spiro atoms. The first-order chi connectivity index (χ1) is 12.3. The van der Waals surface area contributed by atoms with Crippen molar-refractivity contribution < 1.29 is 14.2 Å². The second kappa shape index (κ2) is 12.0. The molecule has 2 rings (SSSR count). The fourth-order valence-corrected chi connectivity index (χ4v) is 2.49. The zero-order chi connectivity index (χ0) is 17.7. The van der Waals surface area contributed by atoms with Gasteiger partial charge < -0.3 is 24.8 Å². The second-order valence-electron chi connectivity index (χ2n) is 5.70. The Hall–Kier alpha value is -1.50. The zero-order valence-electron chi connectivity index (χ0n) is 14.8. The van der Waals surface area contributed by atoms with Crippen LogP contribution < -0.4 is 15.4 Å². The van der Waals surface area contributed by atoms with E-state index in [1.807, 2.05) is 31.2 Å². The molecule has 0 radical (unpaired) electrons. The van der Waals surface area contributed by atoms with Crippen LogP contribution in [-0.4, -0.2) is 58.1 Å². The van der Waals surface area contributed by atoms with Crippen LogP contribution in [0.3, 0.4) is 0 Å². The number of hydrogen-bond donors (Lipinski definition) is 2. The normalized spacial score (nSPS) is 17.5. The van der Waals surface area contributed by atoms with Gasteiger partial charge in [-0.25, -0.2) is 0 Å². The minimum atomic E-state index is 0.264. The second-order valence-corrected chi connectivity index (χ2v) is 6.14. The largest absolute Gasteiger partial charge is 0.492 e. The molecule has 1 atom stereocenters. The lowest BCUT2D eigenvalue weighted by Crippen LogP contribution is -2.39. The van der Waals surface area contributed by atoms with Gasteiger partial charge in [0, 0.05) is 31.3 Å². The molecule has 7 heteroatoms. The molecule has 1 aliphatic rings. The molecule has 0 saturated carbocycles. The standard InChI is InChI=1S/C18H28ClN3O3/c1-2-20-18(21-9-3-11-24-17-8-12-23-14-17)22-10-13-25-16-6-4-15(19)5-7-16/h4-7,17H,2-3,8-14H2,1H3,(H2,20,21,22). The Morgan fingerprint density at radius 1 is 1.28 bits per heavy atom. The lowest BCUT2D eigenvalue weighted by Gasteiger charge is -2.12. The molecular weight excluding hydrogens is 342 g/mol. The first-order valence-electron chi connectivity index (χ1n) is 8.88. The van der Waals surface area contributed by atoms with E-state index < -0.39 is 0 Å². The highest BCUT2D eigenvalue weighted by Crippen LogP contribution is 2.15. The van der Waals surface area contributed by atoms with Crippen LogP contribution in [0.1, 0.15) is 19.8 Å². The van der Waals surface area contributed by atoms with Crippen molar-refractivity contribution in [3.05, 3.63) is 29.3 Å². The lowest BCUT2D eigenvalue weighted by molar-refractivity contribution is 0.0424. The van der Waals surface area contributed by atoms with E-state index >= 15 is 0 Å². The van der Waals surface area contributed by atoms with Gasteiger partial charge in [-0.15, -0.1) is 0 Å². The van der Waals surface area contributed by atoms with Crippen molar-refractivity contribution in [3.63, 3.8) is 0 Å². The lowest BCUT2D eigenvalue weighted by atomic mass is 10.3. The van der Waals surface area contributed by atoms with E-state index in [2.05, 4.69) is 15.6 Å². The molecule has 1 saturated heterocycles. The summed E-state index contributed by atoms with van der Waals surface area (Å²) in [4.78, 5) is 4.54. The fraction of sp³-hybridized carbons (Fsp3) is 0.611. The summed E-state index contributed by atoms with van der Waals surface area (Å²) < 4.78 is 16.7. The molecule has 1 aromatic carbocycles. The molecule has 0 bridgehead atoms. The van der Waals surface area contributed by atoms with Gasteiger partial charge in [0.25, 0.3) is 0 Å². The van der Waals surface area contributed by atoms with Gasteiger partial charge in [-0.2, -0.15) is 0 Å². The van der Waals surface area contributed by atoms with Crippen LogP contribution in [0.25, 0.3) is 0 Å². The van der Waals surface area contributed by atoms with Gasteiger partial charge in [-0.1, -0.05) is 11.6 Å². The van der Waals surface area contributed by atoms with Crippen molar-refractivity contribution >= 4 is 17.6 Å². The molecule has 1 unspecified atom stereocenters. The van der Waals surface area contributed by atoms with Crippen LogP contribution in [0.2, 0.25) is 5.02 Å². The number of hydrogen-bond acceptors (Lipinski definition) is 4. The van der Waals surface area contributed by atoms with Gasteiger partial charge in [-0.3, -0.25) is 4.99 Å². The van der Waals surface area contributed by atoms with E-state index in [0.29, 0.717) is 18.2 Å². The number of benzene rings is 1. The van der Waals surface area contributed by atoms with E-state index in [9.17, 15) is 0 Å². The molecule has 1 aromatic rings. The third kappa shape index (κ3) is 8.43. The molecule has 140 valence electrons. The summed E-state index contributed by atoms with van der Waals surface area (Å²) in [6, 6.07) is 7.35. The van der Waals surface area contributed by atoms with Crippen molar-refractivity contribution in [2.24, 2.45) is 4.99 Å². The smallest absolute Gasteiger partial charge is 0.191 e. The Bertz CT molecular complexity index is 505. The van der Waals surface area contributed by atoms with Crippen molar-refractivity contribution in [1.82, 2.24) is 10.6 Å². The minimum Gasteiger partial charge on any atom is -0.492 e. The SMILES string of the molecule is CCNC(=NCCCOC1CCOC1)NCCOc1ccc(Cl)cc1. The van der Waals surface area contributed by atoms with Gasteiger partial charge in [0.15, 0.2) is 5.96 Å². The average Bonchev–Trinajstić information content (AvgIpc) is 3.13. The summed E-state index contributed by atoms with van der Waals surface area (Å²) in [6.45, 7) is 7.07. The zero-order valence-corrected chi connectivity index (χ0v) is 15.6. The van der Waals surface area contributed by atoms with Crippen LogP contribution >= 0.6 is 11.6 Å². The highest BCUT2D eigenvalue weighted by Gasteiger charge is 2.15. The van der Waals surface area contributed by atoms with Crippen LogP contribution in [0.15, 0.2) is 29.3 Å². The van der Waals surface area contributed by atoms with Crippen molar-refractivity contribution in [1.29, 1.82) is 0 Å². The summed E-state index contributed by atoms with van der Waals surface area (Å²) in [5, 5.41) is 7.19. The summed E-state index contributed by atoms with van der Waals surface area (Å²) in [6.07, 6.45) is 2.16. The highest BCUT2D eigenvalue weighted by molar-refractivity contribution is 6.30. The summed E-state index contributed by atoms with van der Waals surface area (Å²) in [7, 11) is 0. The molecule has 2 N–H and O–H groups in total. The van der Waals surface area contributed by atoms with Gasteiger partial charge in [0.1, 0.15) is 12.4 Å². The molecule has 25 heavy (non-hydrogen) atoms. The van der Waals surface area contributed by atoms with E-state index in [4.69, 9.17) is 25.8 Å². The molecule has 1 aliphatic heterocycles. The number of nitrogens with one attached hydrogen (secondary N) is 2. The van der Waals surface area contributed by atoms with Crippen molar-refractivity contribution in [2.45, 2.75) is 25.9 Å². The molecule has 0 aromatic heterocycles. The minimum absolute atomic E-state index is 0.264. The number of halogens is 1. The third-order valence-corrected chi connectivity index (χ3v) is 3.89. The Labute approximate surface area is 154 Å². The van der Waals surface area contributed by atoms with Crippen LogP contribution in [0, 0.1) is 0 Å². The van der Waals surface area contributed by atoms with E-state index in [1.165, 1.54) is 0 Å². The van der Waals surface area contributed by atoms with Crippen LogP contribution in [0.5, 0.6) is 5.75 Å². The summed E-state index contributed by atoms with van der Waals surface area (Å²) in [5.74, 6) is 1.60. The first-order valence-corrected chi connectivity index (χ1v) is 9.25. The predicted octanol–water partition coefficient (Wildman–Crippen LogP) is 2.47. The van der Waals surface area contributed by atoms with Gasteiger partial charge in [-0.05, 0) is 44.0 Å². The van der Waals surface area contributed by atoms with Crippen molar-refractivity contribution in [3.8, 4) is 5.75 Å². The Kier molecular flexibility index (Phi) is 9.47. The number of aliphatic imine (C=N–C) groups is 1. The fourth-order valence-electron chi connectivity index (χ4n) is 2.36. The maximum Gasteiger partial charge on any atom is 0.191 e. The molecular formula is C18H28ClN3O3. The molecule has 1 fully saturated rings. The van der Waals surface area contributed by atoms with E-state index in [-0.39, 0.29) is 6.10 Å². The maximum absolute atomic E-state index is 5.85.